The van der Waals surface area contributed by atoms with Gasteiger partial charge in [-0.2, -0.15) is 9.19 Å². The molecule has 0 fully saturated rings. The molecule has 1 aromatic heterocycles. The Hall–Kier alpha value is -1.24. The first-order valence-electron chi connectivity index (χ1n) is 2.85. The highest BCUT2D eigenvalue weighted by Crippen LogP contribution is 2.21. The molecule has 0 unspecified atom stereocenters. The lowest BCUT2D eigenvalue weighted by molar-refractivity contribution is 0.0685. The third-order valence-corrected chi connectivity index (χ3v) is 1.60. The summed E-state index contributed by atoms with van der Waals surface area (Å²) in [6, 6.07) is 0. The van der Waals surface area contributed by atoms with E-state index >= 15 is 0 Å². The largest absolute Gasteiger partial charge is 0.492 e. The average Bonchev–Trinajstić information content (AvgIpc) is 2.46. The smallest absolute Gasteiger partial charge is 0.359 e. The van der Waals surface area contributed by atoms with Crippen molar-refractivity contribution >= 4 is 18.3 Å². The number of ether oxygens (including phenoxy) is 1. The molecule has 0 aromatic carbocycles. The molecule has 0 amide bonds. The number of carboxylic acid groups (broad SMARTS) is 1. The minimum absolute atomic E-state index is 0.0349. The third kappa shape index (κ3) is 1.35. The van der Waals surface area contributed by atoms with Crippen LogP contribution in [-0.4, -0.2) is 27.4 Å². The topological polar surface area (TPSA) is 64.4 Å². The fourth-order valence-corrected chi connectivity index (χ4v) is 1.03. The van der Waals surface area contributed by atoms with Gasteiger partial charge in [-0.05, 0) is 0 Å². The van der Waals surface area contributed by atoms with Crippen LogP contribution in [0.25, 0.3) is 0 Å². The highest BCUT2D eigenvalue weighted by molar-refractivity contribution is 7.92. The zero-order valence-corrected chi connectivity index (χ0v) is 6.84. The Bertz CT molecular complexity index is 279. The first-order valence-corrected chi connectivity index (χ1v) is 3.52. The summed E-state index contributed by atoms with van der Waals surface area (Å²) in [6.45, 7) is 0. The van der Waals surface area contributed by atoms with Crippen LogP contribution in [-0.2, 0) is 0 Å². The van der Waals surface area contributed by atoms with Gasteiger partial charge in [0.25, 0.3) is 0 Å². The number of methoxy groups -OCH3 is 1. The van der Waals surface area contributed by atoms with E-state index in [0.29, 0.717) is 4.09 Å². The molecule has 7 heteroatoms. The molecule has 0 aliphatic carbocycles. The molecular weight excluding hydrogens is 187 g/mol. The molecule has 0 saturated carbocycles. The molecule has 1 heterocycles. The van der Waals surface area contributed by atoms with Gasteiger partial charge in [-0.25, -0.2) is 4.79 Å². The molecule has 1 rings (SSSR count). The van der Waals surface area contributed by atoms with Gasteiger partial charge in [-0.3, -0.25) is 0 Å². The summed E-state index contributed by atoms with van der Waals surface area (Å²) in [5.74, 6) is -1.25. The minimum Gasteiger partial charge on any atom is -0.492 e. The molecular formula is C5H5FN2O3S. The lowest BCUT2D eigenvalue weighted by atomic mass is 10.4. The number of aromatic nitrogens is 2. The summed E-state index contributed by atoms with van der Waals surface area (Å²) in [5.41, 5.74) is -0.315. The second-order valence-corrected chi connectivity index (χ2v) is 2.29. The van der Waals surface area contributed by atoms with Gasteiger partial charge in [-0.1, -0.05) is 0 Å². The summed E-state index contributed by atoms with van der Waals surface area (Å²) in [5, 5.41) is 12.0. The molecule has 66 valence electrons. The lowest BCUT2D eigenvalue weighted by Gasteiger charge is -1.97. The van der Waals surface area contributed by atoms with E-state index in [1.165, 1.54) is 7.11 Å². The monoisotopic (exact) mass is 192 g/mol. The predicted molar refractivity (Wildman–Crippen MR) is 39.8 cm³/mol. The molecule has 1 N–H and O–H groups in total. The Morgan fingerprint density at radius 2 is 2.58 bits per heavy atom. The Kier molecular flexibility index (Phi) is 2.54. The summed E-state index contributed by atoms with van der Waals surface area (Å²) in [4.78, 5) is 10.5. The van der Waals surface area contributed by atoms with Crippen molar-refractivity contribution in [3.05, 3.63) is 11.9 Å². The summed E-state index contributed by atoms with van der Waals surface area (Å²) in [7, 11) is 1.29. The van der Waals surface area contributed by atoms with Crippen LogP contribution >= 0.6 is 12.3 Å². The van der Waals surface area contributed by atoms with Gasteiger partial charge in [-0.15, -0.1) is 3.89 Å². The predicted octanol–water partition coefficient (Wildman–Crippen LogP) is 0.971. The van der Waals surface area contributed by atoms with Crippen LogP contribution in [0.1, 0.15) is 10.5 Å². The van der Waals surface area contributed by atoms with E-state index in [-0.39, 0.29) is 23.8 Å². The van der Waals surface area contributed by atoms with Gasteiger partial charge in [0.05, 0.1) is 13.3 Å². The van der Waals surface area contributed by atoms with Gasteiger partial charge in [0.1, 0.15) is 0 Å². The quantitative estimate of drug-likeness (QED) is 0.773. The number of nitrogens with zero attached hydrogens (tertiary/aromatic N) is 2. The zero-order valence-electron chi connectivity index (χ0n) is 6.02. The Labute approximate surface area is 71.6 Å². The molecule has 0 radical (unpaired) electrons. The van der Waals surface area contributed by atoms with Gasteiger partial charge in [0, 0.05) is 0 Å². The normalized spacial score (nSPS) is 9.83. The standard InChI is InChI=1S/C5H5FN2O3S/c1-11-3-2-7-8(12-6)4(3)5(9)10/h2H,1H3,(H,9,10). The zero-order chi connectivity index (χ0) is 9.14. The summed E-state index contributed by atoms with van der Waals surface area (Å²) in [6.07, 6.45) is 1.13. The minimum atomic E-state index is -1.28. The van der Waals surface area contributed by atoms with Gasteiger partial charge in [0.15, 0.2) is 18.1 Å². The van der Waals surface area contributed by atoms with E-state index in [9.17, 15) is 8.68 Å². The Morgan fingerprint density at radius 3 is 3.00 bits per heavy atom. The number of halogens is 1. The molecule has 0 bridgehead atoms. The third-order valence-electron chi connectivity index (χ3n) is 1.19. The number of aromatic carboxylic acids is 1. The lowest BCUT2D eigenvalue weighted by Crippen LogP contribution is -2.04. The summed E-state index contributed by atoms with van der Waals surface area (Å²) < 4.78 is 17.3. The van der Waals surface area contributed by atoms with Gasteiger partial charge in [0.2, 0.25) is 5.69 Å². The van der Waals surface area contributed by atoms with Crippen molar-refractivity contribution in [1.29, 1.82) is 0 Å². The van der Waals surface area contributed by atoms with Crippen molar-refractivity contribution in [2.24, 2.45) is 0 Å². The van der Waals surface area contributed by atoms with Crippen molar-refractivity contribution in [2.45, 2.75) is 0 Å². The number of carbonyl (C=O) groups is 1. The number of rotatable bonds is 3. The van der Waals surface area contributed by atoms with Crippen molar-refractivity contribution in [2.75, 3.05) is 7.11 Å². The maximum Gasteiger partial charge on any atom is 0.359 e. The molecule has 0 aliphatic heterocycles. The van der Waals surface area contributed by atoms with Crippen LogP contribution in [0.5, 0.6) is 5.75 Å². The maximum absolute atomic E-state index is 12.0. The molecule has 1 aromatic rings. The number of hydrogen-bond acceptors (Lipinski definition) is 4. The van der Waals surface area contributed by atoms with E-state index in [4.69, 9.17) is 5.11 Å². The molecule has 0 saturated heterocycles. The second-order valence-electron chi connectivity index (χ2n) is 1.81. The molecule has 5 nitrogen and oxygen atoms in total. The second kappa shape index (κ2) is 3.44. The van der Waals surface area contributed by atoms with Gasteiger partial charge < -0.3 is 9.84 Å². The van der Waals surface area contributed by atoms with Gasteiger partial charge >= 0.3 is 5.97 Å². The van der Waals surface area contributed by atoms with Crippen LogP contribution in [0.4, 0.5) is 3.89 Å². The average molecular weight is 192 g/mol. The van der Waals surface area contributed by atoms with Crippen molar-refractivity contribution < 1.29 is 18.5 Å². The molecule has 0 aliphatic rings. The fraction of sp³-hybridized carbons (Fsp3) is 0.200. The Morgan fingerprint density at radius 1 is 1.92 bits per heavy atom. The number of hydrogen-bond donors (Lipinski definition) is 1. The van der Waals surface area contributed by atoms with E-state index < -0.39 is 5.97 Å². The van der Waals surface area contributed by atoms with Crippen molar-refractivity contribution in [1.82, 2.24) is 9.19 Å². The maximum atomic E-state index is 12.0. The fourth-order valence-electron chi connectivity index (χ4n) is 0.707. The Balaban J connectivity index is 3.16. The van der Waals surface area contributed by atoms with Crippen molar-refractivity contribution in [3.8, 4) is 5.75 Å². The first kappa shape index (κ1) is 8.85. The summed E-state index contributed by atoms with van der Waals surface area (Å²) >= 11 is -0.295. The SMILES string of the molecule is COc1cnn(SF)c1C(=O)O. The van der Waals surface area contributed by atoms with Crippen LogP contribution < -0.4 is 4.74 Å². The molecule has 0 spiro atoms. The van der Waals surface area contributed by atoms with E-state index in [1.54, 1.807) is 0 Å². The highest BCUT2D eigenvalue weighted by Gasteiger charge is 2.19. The van der Waals surface area contributed by atoms with E-state index in [1.807, 2.05) is 0 Å². The van der Waals surface area contributed by atoms with Crippen LogP contribution in [0, 0.1) is 0 Å². The van der Waals surface area contributed by atoms with Crippen molar-refractivity contribution in [3.63, 3.8) is 0 Å². The van der Waals surface area contributed by atoms with E-state index in [0.717, 1.165) is 6.20 Å². The van der Waals surface area contributed by atoms with E-state index in [2.05, 4.69) is 9.84 Å². The van der Waals surface area contributed by atoms with Crippen LogP contribution in [0.2, 0.25) is 0 Å². The first-order chi connectivity index (χ1) is 5.70. The molecule has 0 atom stereocenters. The highest BCUT2D eigenvalue weighted by atomic mass is 32.2. The number of carboxylic acids is 1. The van der Waals surface area contributed by atoms with Crippen LogP contribution in [0.3, 0.4) is 0 Å². The molecule has 12 heavy (non-hydrogen) atoms. The van der Waals surface area contributed by atoms with Crippen LogP contribution in [0.15, 0.2) is 6.20 Å².